The maximum absolute atomic E-state index is 13.7. The molecule has 0 aliphatic heterocycles. The standard InChI is InChI=1S/C16H28F2/c1-3-16(17,18)15-10-8-14(9-11-15)13-6-4-12(2)5-7-13/h12-15H,3-11H2,1-2H3. The van der Waals surface area contributed by atoms with Gasteiger partial charge >= 0.3 is 0 Å². The summed E-state index contributed by atoms with van der Waals surface area (Å²) < 4.78 is 27.3. The zero-order valence-electron chi connectivity index (χ0n) is 11.9. The molecule has 2 aliphatic carbocycles. The van der Waals surface area contributed by atoms with Gasteiger partial charge < -0.3 is 0 Å². The average Bonchev–Trinajstić information content (AvgIpc) is 2.40. The topological polar surface area (TPSA) is 0 Å². The molecule has 0 nitrogen and oxygen atoms in total. The van der Waals surface area contributed by atoms with Crippen molar-refractivity contribution in [3.8, 4) is 0 Å². The molecule has 0 unspecified atom stereocenters. The van der Waals surface area contributed by atoms with E-state index in [1.54, 1.807) is 6.92 Å². The van der Waals surface area contributed by atoms with E-state index in [1.165, 1.54) is 25.7 Å². The van der Waals surface area contributed by atoms with Gasteiger partial charge in [0.15, 0.2) is 0 Å². The Balaban J connectivity index is 1.80. The molecule has 0 spiro atoms. The van der Waals surface area contributed by atoms with E-state index < -0.39 is 5.92 Å². The van der Waals surface area contributed by atoms with Gasteiger partial charge in [-0.25, -0.2) is 8.78 Å². The molecule has 0 aromatic carbocycles. The highest BCUT2D eigenvalue weighted by Crippen LogP contribution is 2.45. The average molecular weight is 258 g/mol. The Morgan fingerprint density at radius 3 is 1.72 bits per heavy atom. The third-order valence-electron chi connectivity index (χ3n) is 5.57. The van der Waals surface area contributed by atoms with Crippen molar-refractivity contribution in [2.45, 2.75) is 77.6 Å². The molecule has 18 heavy (non-hydrogen) atoms. The van der Waals surface area contributed by atoms with Crippen LogP contribution in [-0.2, 0) is 0 Å². The van der Waals surface area contributed by atoms with E-state index in [4.69, 9.17) is 0 Å². The van der Waals surface area contributed by atoms with E-state index in [0.29, 0.717) is 0 Å². The molecule has 0 bridgehead atoms. The minimum absolute atomic E-state index is 0.0171. The van der Waals surface area contributed by atoms with Crippen molar-refractivity contribution < 1.29 is 8.78 Å². The van der Waals surface area contributed by atoms with Gasteiger partial charge in [-0.05, 0) is 56.3 Å². The van der Waals surface area contributed by atoms with Crippen LogP contribution in [0.5, 0.6) is 0 Å². The van der Waals surface area contributed by atoms with Crippen molar-refractivity contribution in [2.24, 2.45) is 23.7 Å². The van der Waals surface area contributed by atoms with Gasteiger partial charge in [0, 0.05) is 12.3 Å². The summed E-state index contributed by atoms with van der Waals surface area (Å²) in [7, 11) is 0. The predicted molar refractivity (Wildman–Crippen MR) is 71.8 cm³/mol. The number of hydrogen-bond acceptors (Lipinski definition) is 0. The first-order chi connectivity index (χ1) is 8.53. The number of rotatable bonds is 3. The summed E-state index contributed by atoms with van der Waals surface area (Å²) in [5.41, 5.74) is 0. The summed E-state index contributed by atoms with van der Waals surface area (Å²) in [6.07, 6.45) is 9.06. The second-order valence-electron chi connectivity index (χ2n) is 6.75. The number of hydrogen-bond donors (Lipinski definition) is 0. The molecule has 2 aliphatic rings. The van der Waals surface area contributed by atoms with Crippen molar-refractivity contribution in [3.63, 3.8) is 0 Å². The molecule has 2 heteroatoms. The SMILES string of the molecule is CCC(F)(F)C1CCC(C2CCC(C)CC2)CC1. The molecule has 0 aromatic rings. The van der Waals surface area contributed by atoms with Crippen LogP contribution in [-0.4, -0.2) is 5.92 Å². The van der Waals surface area contributed by atoms with Crippen LogP contribution >= 0.6 is 0 Å². The van der Waals surface area contributed by atoms with Gasteiger partial charge in [0.25, 0.3) is 5.92 Å². The Morgan fingerprint density at radius 2 is 1.28 bits per heavy atom. The summed E-state index contributed by atoms with van der Waals surface area (Å²) in [5.74, 6) is -0.256. The molecule has 0 heterocycles. The molecule has 0 radical (unpaired) electrons. The third kappa shape index (κ3) is 3.24. The van der Waals surface area contributed by atoms with Crippen molar-refractivity contribution >= 4 is 0 Å². The van der Waals surface area contributed by atoms with Crippen molar-refractivity contribution in [2.75, 3.05) is 0 Å². The van der Waals surface area contributed by atoms with Crippen LogP contribution in [0.3, 0.4) is 0 Å². The maximum Gasteiger partial charge on any atom is 0.250 e. The van der Waals surface area contributed by atoms with E-state index in [2.05, 4.69) is 6.92 Å². The molecule has 0 saturated heterocycles. The van der Waals surface area contributed by atoms with Gasteiger partial charge in [-0.1, -0.05) is 26.7 Å². The van der Waals surface area contributed by atoms with Gasteiger partial charge in [0.1, 0.15) is 0 Å². The summed E-state index contributed by atoms with van der Waals surface area (Å²) in [4.78, 5) is 0. The van der Waals surface area contributed by atoms with Crippen LogP contribution in [0.2, 0.25) is 0 Å². The molecule has 106 valence electrons. The van der Waals surface area contributed by atoms with Crippen molar-refractivity contribution in [3.05, 3.63) is 0 Å². The van der Waals surface area contributed by atoms with E-state index in [1.807, 2.05) is 0 Å². The first-order valence-electron chi connectivity index (χ1n) is 7.90. The van der Waals surface area contributed by atoms with E-state index in [0.717, 1.165) is 43.4 Å². The molecular formula is C16H28F2. The van der Waals surface area contributed by atoms with Crippen LogP contribution in [0.15, 0.2) is 0 Å². The lowest BCUT2D eigenvalue weighted by Gasteiger charge is -2.39. The first kappa shape index (κ1) is 14.3. The van der Waals surface area contributed by atoms with Crippen molar-refractivity contribution in [1.29, 1.82) is 0 Å². The normalized spacial score (nSPS) is 38.7. The first-order valence-corrected chi connectivity index (χ1v) is 7.90. The van der Waals surface area contributed by atoms with Crippen molar-refractivity contribution in [1.82, 2.24) is 0 Å². The van der Waals surface area contributed by atoms with Gasteiger partial charge in [0.2, 0.25) is 0 Å². The second kappa shape index (κ2) is 5.88. The number of alkyl halides is 2. The Labute approximate surface area is 111 Å². The summed E-state index contributed by atoms with van der Waals surface area (Å²) in [6.45, 7) is 3.96. The van der Waals surface area contributed by atoms with Gasteiger partial charge in [-0.15, -0.1) is 0 Å². The minimum atomic E-state index is -2.41. The maximum atomic E-state index is 13.7. The zero-order valence-corrected chi connectivity index (χ0v) is 11.9. The monoisotopic (exact) mass is 258 g/mol. The highest BCUT2D eigenvalue weighted by atomic mass is 19.3. The second-order valence-corrected chi connectivity index (χ2v) is 6.75. The Morgan fingerprint density at radius 1 is 0.833 bits per heavy atom. The Hall–Kier alpha value is -0.140. The smallest absolute Gasteiger partial charge is 0.207 e. The Bertz CT molecular complexity index is 246. The quantitative estimate of drug-likeness (QED) is 0.612. The Kier molecular flexibility index (Phi) is 4.66. The molecule has 0 N–H and O–H groups in total. The van der Waals surface area contributed by atoms with E-state index in [9.17, 15) is 8.78 Å². The lowest BCUT2D eigenvalue weighted by molar-refractivity contribution is -0.0809. The highest BCUT2D eigenvalue weighted by Gasteiger charge is 2.40. The molecule has 0 atom stereocenters. The lowest BCUT2D eigenvalue weighted by Crippen LogP contribution is -2.33. The van der Waals surface area contributed by atoms with E-state index in [-0.39, 0.29) is 12.3 Å². The third-order valence-corrected chi connectivity index (χ3v) is 5.57. The van der Waals surface area contributed by atoms with Crippen LogP contribution in [0.4, 0.5) is 8.78 Å². The molecule has 0 amide bonds. The molecule has 0 aromatic heterocycles. The molecule has 2 fully saturated rings. The largest absolute Gasteiger partial charge is 0.250 e. The number of halogens is 2. The zero-order chi connectivity index (χ0) is 13.2. The highest BCUT2D eigenvalue weighted by molar-refractivity contribution is 4.85. The summed E-state index contributed by atoms with van der Waals surface area (Å²) in [5, 5.41) is 0. The van der Waals surface area contributed by atoms with Crippen LogP contribution in [0.1, 0.15) is 71.6 Å². The fourth-order valence-electron chi connectivity index (χ4n) is 4.06. The van der Waals surface area contributed by atoms with Crippen LogP contribution in [0.25, 0.3) is 0 Å². The summed E-state index contributed by atoms with van der Waals surface area (Å²) >= 11 is 0. The van der Waals surface area contributed by atoms with E-state index >= 15 is 0 Å². The van der Waals surface area contributed by atoms with Gasteiger partial charge in [0.05, 0.1) is 0 Å². The van der Waals surface area contributed by atoms with Crippen LogP contribution in [0, 0.1) is 23.7 Å². The molecule has 2 rings (SSSR count). The lowest BCUT2D eigenvalue weighted by atomic mass is 9.68. The van der Waals surface area contributed by atoms with Gasteiger partial charge in [-0.2, -0.15) is 0 Å². The minimum Gasteiger partial charge on any atom is -0.207 e. The summed E-state index contributed by atoms with van der Waals surface area (Å²) in [6, 6.07) is 0. The molecular weight excluding hydrogens is 230 g/mol. The fourth-order valence-corrected chi connectivity index (χ4v) is 4.06. The van der Waals surface area contributed by atoms with Crippen LogP contribution < -0.4 is 0 Å². The fraction of sp³-hybridized carbons (Fsp3) is 1.00. The molecule has 2 saturated carbocycles. The van der Waals surface area contributed by atoms with Gasteiger partial charge in [-0.3, -0.25) is 0 Å². The predicted octanol–water partition coefficient (Wildman–Crippen LogP) is 5.66.